The van der Waals surface area contributed by atoms with E-state index < -0.39 is 0 Å². The maximum atomic E-state index is 5.71. The fourth-order valence-corrected chi connectivity index (χ4v) is 3.74. The molecule has 0 N–H and O–H groups in total. The molecular weight excluding hydrogens is 612 g/mol. The lowest BCUT2D eigenvalue weighted by Gasteiger charge is -2.10. The van der Waals surface area contributed by atoms with Gasteiger partial charge in [-0.15, -0.1) is 0 Å². The van der Waals surface area contributed by atoms with Crippen molar-refractivity contribution in [2.24, 2.45) is 0 Å². The smallest absolute Gasteiger partial charge is 0.119 e. The van der Waals surface area contributed by atoms with E-state index in [0.717, 1.165) is 17.1 Å². The van der Waals surface area contributed by atoms with Gasteiger partial charge in [-0.2, -0.15) is 0 Å². The Morgan fingerprint density at radius 3 is 0.957 bits per heavy atom. The number of hydrogen-bond acceptors (Lipinski definition) is 12. The summed E-state index contributed by atoms with van der Waals surface area (Å²) in [5, 5.41) is 0. The molecule has 0 radical (unpaired) electrons. The number of hydrogen-bond donors (Lipinski definition) is 0. The SMILES string of the molecule is CCOCCOCCOCCOCCOCCOc1ccc(OCCOCCOCCOCCOCCOCc2ccccc2)cc1. The molecule has 0 amide bonds. The predicted octanol–water partition coefficient (Wildman–Crippen LogP) is 3.83. The molecule has 0 saturated carbocycles. The summed E-state index contributed by atoms with van der Waals surface area (Å²) in [6.45, 7) is 13.7. The fraction of sp³-hybridized carbons (Fsp3) is 0.657. The van der Waals surface area contributed by atoms with Gasteiger partial charge in [0.05, 0.1) is 126 Å². The van der Waals surface area contributed by atoms with Crippen LogP contribution in [0.2, 0.25) is 0 Å². The summed E-state index contributed by atoms with van der Waals surface area (Å²) in [7, 11) is 0. The largest absolute Gasteiger partial charge is 0.491 e. The third kappa shape index (κ3) is 26.3. The quantitative estimate of drug-likeness (QED) is 0.0996. The third-order valence-corrected chi connectivity index (χ3v) is 6.11. The van der Waals surface area contributed by atoms with Crippen molar-refractivity contribution in [1.29, 1.82) is 0 Å². The molecule has 12 nitrogen and oxygen atoms in total. The lowest BCUT2D eigenvalue weighted by molar-refractivity contribution is -0.0139. The van der Waals surface area contributed by atoms with Gasteiger partial charge in [0.15, 0.2) is 0 Å². The summed E-state index contributed by atoms with van der Waals surface area (Å²) < 4.78 is 66.1. The summed E-state index contributed by atoms with van der Waals surface area (Å²) in [6, 6.07) is 17.6. The standard InChI is InChI=1S/C35H56O12/c1-2-36-12-13-37-14-15-38-16-18-40-22-24-43-28-30-46-34-8-10-35(11-9-34)47-31-29-44-25-23-41-19-17-39-20-21-42-26-27-45-32-33-6-4-3-5-7-33/h3-11H,2,12-32H2,1H3. The number of benzene rings is 2. The molecule has 0 bridgehead atoms. The summed E-state index contributed by atoms with van der Waals surface area (Å²) >= 11 is 0. The minimum atomic E-state index is 0.450. The van der Waals surface area contributed by atoms with Crippen LogP contribution in [-0.4, -0.2) is 139 Å². The average Bonchev–Trinajstić information content (AvgIpc) is 3.10. The van der Waals surface area contributed by atoms with E-state index in [2.05, 4.69) is 0 Å². The maximum absolute atomic E-state index is 5.71. The van der Waals surface area contributed by atoms with Crippen LogP contribution >= 0.6 is 0 Å². The zero-order valence-electron chi connectivity index (χ0n) is 28.2. The minimum absolute atomic E-state index is 0.450. The van der Waals surface area contributed by atoms with E-state index in [1.54, 1.807) is 0 Å². The van der Waals surface area contributed by atoms with Gasteiger partial charge in [-0.05, 0) is 36.8 Å². The Bertz CT molecular complexity index is 903. The van der Waals surface area contributed by atoms with Crippen molar-refractivity contribution in [2.75, 3.05) is 139 Å². The lowest BCUT2D eigenvalue weighted by Crippen LogP contribution is -2.14. The van der Waals surface area contributed by atoms with Crippen molar-refractivity contribution in [1.82, 2.24) is 0 Å². The van der Waals surface area contributed by atoms with Crippen molar-refractivity contribution in [2.45, 2.75) is 13.5 Å². The van der Waals surface area contributed by atoms with E-state index in [-0.39, 0.29) is 0 Å². The molecule has 0 saturated heterocycles. The molecule has 0 fully saturated rings. The van der Waals surface area contributed by atoms with Crippen molar-refractivity contribution in [3.63, 3.8) is 0 Å². The van der Waals surface area contributed by atoms with Gasteiger partial charge >= 0.3 is 0 Å². The first-order valence-electron chi connectivity index (χ1n) is 16.6. The molecule has 0 aromatic heterocycles. The van der Waals surface area contributed by atoms with Gasteiger partial charge in [-0.3, -0.25) is 0 Å². The third-order valence-electron chi connectivity index (χ3n) is 6.11. The summed E-state index contributed by atoms with van der Waals surface area (Å²) in [4.78, 5) is 0. The van der Waals surface area contributed by atoms with Gasteiger partial charge in [0.1, 0.15) is 24.7 Å². The predicted molar refractivity (Wildman–Crippen MR) is 177 cm³/mol. The van der Waals surface area contributed by atoms with Crippen molar-refractivity contribution in [3.05, 3.63) is 60.2 Å². The molecular formula is C35H56O12. The van der Waals surface area contributed by atoms with Crippen LogP contribution in [0, 0.1) is 0 Å². The van der Waals surface area contributed by atoms with Crippen molar-refractivity contribution >= 4 is 0 Å². The second-order valence-electron chi connectivity index (χ2n) is 9.80. The van der Waals surface area contributed by atoms with E-state index in [1.165, 1.54) is 0 Å². The molecule has 0 aliphatic heterocycles. The van der Waals surface area contributed by atoms with Gasteiger partial charge in [0.2, 0.25) is 0 Å². The summed E-state index contributed by atoms with van der Waals surface area (Å²) in [5.41, 5.74) is 1.16. The van der Waals surface area contributed by atoms with E-state index in [1.807, 2.05) is 61.5 Å². The van der Waals surface area contributed by atoms with E-state index in [9.17, 15) is 0 Å². The normalized spacial score (nSPS) is 11.3. The van der Waals surface area contributed by atoms with Crippen LogP contribution in [0.5, 0.6) is 11.5 Å². The Morgan fingerprint density at radius 1 is 0.319 bits per heavy atom. The molecule has 0 atom stereocenters. The van der Waals surface area contributed by atoms with Crippen LogP contribution in [-0.2, 0) is 54.0 Å². The Kier molecular flexibility index (Phi) is 28.0. The first-order valence-corrected chi connectivity index (χ1v) is 16.6. The Labute approximate surface area is 280 Å². The first kappa shape index (κ1) is 40.8. The van der Waals surface area contributed by atoms with Crippen LogP contribution < -0.4 is 9.47 Å². The highest BCUT2D eigenvalue weighted by Gasteiger charge is 1.99. The molecule has 0 aliphatic rings. The molecule has 2 aromatic carbocycles. The van der Waals surface area contributed by atoms with Crippen LogP contribution in [0.3, 0.4) is 0 Å². The fourth-order valence-electron chi connectivity index (χ4n) is 3.74. The highest BCUT2D eigenvalue weighted by Crippen LogP contribution is 2.17. The molecule has 2 aromatic rings. The maximum Gasteiger partial charge on any atom is 0.119 e. The zero-order chi connectivity index (χ0) is 33.1. The average molecular weight is 669 g/mol. The van der Waals surface area contributed by atoms with Gasteiger partial charge in [-0.1, -0.05) is 30.3 Å². The van der Waals surface area contributed by atoms with E-state index in [0.29, 0.717) is 145 Å². The molecule has 2 rings (SSSR count). The number of rotatable bonds is 35. The van der Waals surface area contributed by atoms with Crippen molar-refractivity contribution in [3.8, 4) is 11.5 Å². The summed E-state index contributed by atoms with van der Waals surface area (Å²) in [5.74, 6) is 1.51. The number of ether oxygens (including phenoxy) is 12. The lowest BCUT2D eigenvalue weighted by atomic mass is 10.2. The summed E-state index contributed by atoms with van der Waals surface area (Å²) in [6.07, 6.45) is 0. The van der Waals surface area contributed by atoms with Gasteiger partial charge in [0, 0.05) is 6.61 Å². The Morgan fingerprint density at radius 2 is 0.617 bits per heavy atom. The van der Waals surface area contributed by atoms with Crippen molar-refractivity contribution < 1.29 is 56.8 Å². The molecule has 0 aliphatic carbocycles. The van der Waals surface area contributed by atoms with E-state index in [4.69, 9.17) is 56.8 Å². The van der Waals surface area contributed by atoms with Gasteiger partial charge < -0.3 is 56.8 Å². The van der Waals surface area contributed by atoms with Gasteiger partial charge in [0.25, 0.3) is 0 Å². The molecule has 0 spiro atoms. The first-order chi connectivity index (χ1) is 23.4. The zero-order valence-corrected chi connectivity index (χ0v) is 28.2. The second kappa shape index (κ2) is 32.2. The van der Waals surface area contributed by atoms with Crippen LogP contribution in [0.25, 0.3) is 0 Å². The van der Waals surface area contributed by atoms with Crippen LogP contribution in [0.4, 0.5) is 0 Å². The second-order valence-corrected chi connectivity index (χ2v) is 9.80. The molecule has 12 heteroatoms. The highest BCUT2D eigenvalue weighted by molar-refractivity contribution is 5.31. The molecule has 0 heterocycles. The highest BCUT2D eigenvalue weighted by atomic mass is 16.6. The topological polar surface area (TPSA) is 111 Å². The molecule has 268 valence electrons. The van der Waals surface area contributed by atoms with Crippen LogP contribution in [0.1, 0.15) is 12.5 Å². The Balaban J connectivity index is 1.25. The monoisotopic (exact) mass is 668 g/mol. The molecule has 0 unspecified atom stereocenters. The minimum Gasteiger partial charge on any atom is -0.491 e. The van der Waals surface area contributed by atoms with Gasteiger partial charge in [-0.25, -0.2) is 0 Å². The van der Waals surface area contributed by atoms with E-state index >= 15 is 0 Å². The molecule has 47 heavy (non-hydrogen) atoms. The van der Waals surface area contributed by atoms with Crippen LogP contribution in [0.15, 0.2) is 54.6 Å². The Hall–Kier alpha value is -2.36.